The summed E-state index contributed by atoms with van der Waals surface area (Å²) in [7, 11) is 0. The van der Waals surface area contributed by atoms with E-state index in [1.54, 1.807) is 0 Å². The normalized spacial score (nSPS) is 11.6. The zero-order valence-electron chi connectivity index (χ0n) is 19.7. The molecule has 0 fully saturated rings. The molecule has 0 aliphatic rings. The van der Waals surface area contributed by atoms with E-state index in [4.69, 9.17) is 4.98 Å². The van der Waals surface area contributed by atoms with Gasteiger partial charge in [-0.3, -0.25) is 4.57 Å². The van der Waals surface area contributed by atoms with Gasteiger partial charge in [0.25, 0.3) is 0 Å². The van der Waals surface area contributed by atoms with Crippen molar-refractivity contribution in [2.24, 2.45) is 0 Å². The van der Waals surface area contributed by atoms with E-state index in [1.165, 1.54) is 21.5 Å². The van der Waals surface area contributed by atoms with Crippen LogP contribution >= 0.6 is 0 Å². The fourth-order valence-electron chi connectivity index (χ4n) is 5.40. The molecule has 0 aliphatic heterocycles. The van der Waals surface area contributed by atoms with Gasteiger partial charge in [0.15, 0.2) is 0 Å². The van der Waals surface area contributed by atoms with Crippen molar-refractivity contribution in [1.29, 1.82) is 0 Å². The molecule has 0 atom stereocenters. The van der Waals surface area contributed by atoms with Crippen LogP contribution in [0.5, 0.6) is 0 Å². The Morgan fingerprint density at radius 1 is 0.528 bits per heavy atom. The van der Waals surface area contributed by atoms with Gasteiger partial charge in [-0.25, -0.2) is 4.98 Å². The highest BCUT2D eigenvalue weighted by molar-refractivity contribution is 6.11. The molecule has 4 aromatic carbocycles. The number of para-hydroxylation sites is 2. The van der Waals surface area contributed by atoms with Crippen LogP contribution in [0.1, 0.15) is 11.1 Å². The SMILES string of the molecule is C=Cc1ccc2c(c1)c1cc(C=C)ccc1n2-c1ccc(-n2c3ccccc3c3ccccc32)nc1. The van der Waals surface area contributed by atoms with Crippen LogP contribution < -0.4 is 0 Å². The Bertz CT molecular complexity index is 1850. The first-order valence-electron chi connectivity index (χ1n) is 12.0. The Labute approximate surface area is 208 Å². The van der Waals surface area contributed by atoms with Crippen LogP contribution in [-0.4, -0.2) is 14.1 Å². The lowest BCUT2D eigenvalue weighted by Crippen LogP contribution is -2.00. The molecule has 7 aromatic rings. The van der Waals surface area contributed by atoms with E-state index in [-0.39, 0.29) is 0 Å². The maximum atomic E-state index is 4.97. The van der Waals surface area contributed by atoms with Crippen LogP contribution in [0.3, 0.4) is 0 Å². The third-order valence-corrected chi connectivity index (χ3v) is 7.08. The van der Waals surface area contributed by atoms with Crippen molar-refractivity contribution in [2.45, 2.75) is 0 Å². The van der Waals surface area contributed by atoms with E-state index in [1.807, 2.05) is 18.3 Å². The number of benzene rings is 4. The molecule has 7 rings (SSSR count). The summed E-state index contributed by atoms with van der Waals surface area (Å²) in [6.45, 7) is 7.92. The molecule has 0 spiro atoms. The first kappa shape index (κ1) is 20.5. The van der Waals surface area contributed by atoms with E-state index < -0.39 is 0 Å². The summed E-state index contributed by atoms with van der Waals surface area (Å²) in [6, 6.07) is 34.3. The monoisotopic (exact) mass is 461 g/mol. The van der Waals surface area contributed by atoms with Crippen LogP contribution in [-0.2, 0) is 0 Å². The van der Waals surface area contributed by atoms with Gasteiger partial charge in [0.05, 0.1) is 34.0 Å². The van der Waals surface area contributed by atoms with E-state index in [0.717, 1.165) is 44.7 Å². The van der Waals surface area contributed by atoms with Gasteiger partial charge >= 0.3 is 0 Å². The van der Waals surface area contributed by atoms with Crippen molar-refractivity contribution in [1.82, 2.24) is 14.1 Å². The van der Waals surface area contributed by atoms with Gasteiger partial charge in [-0.05, 0) is 59.7 Å². The highest BCUT2D eigenvalue weighted by atomic mass is 15.1. The van der Waals surface area contributed by atoms with Gasteiger partial charge in [-0.2, -0.15) is 0 Å². The average molecular weight is 462 g/mol. The lowest BCUT2D eigenvalue weighted by Gasteiger charge is -2.11. The van der Waals surface area contributed by atoms with Crippen LogP contribution in [0.15, 0.2) is 116 Å². The summed E-state index contributed by atoms with van der Waals surface area (Å²) in [5.74, 6) is 0.903. The molecule has 0 amide bonds. The number of rotatable bonds is 4. The molecule has 0 saturated carbocycles. The van der Waals surface area contributed by atoms with Gasteiger partial charge in [0.2, 0.25) is 0 Å². The highest BCUT2D eigenvalue weighted by Crippen LogP contribution is 2.35. The number of nitrogens with zero attached hydrogens (tertiary/aromatic N) is 3. The second-order valence-corrected chi connectivity index (χ2v) is 9.04. The van der Waals surface area contributed by atoms with Crippen molar-refractivity contribution < 1.29 is 0 Å². The predicted molar refractivity (Wildman–Crippen MR) is 153 cm³/mol. The molecule has 3 heterocycles. The minimum Gasteiger partial charge on any atom is -0.308 e. The molecule has 0 saturated heterocycles. The fourth-order valence-corrected chi connectivity index (χ4v) is 5.40. The zero-order valence-corrected chi connectivity index (χ0v) is 19.7. The first-order chi connectivity index (χ1) is 17.8. The number of hydrogen-bond acceptors (Lipinski definition) is 1. The molecule has 3 aromatic heterocycles. The molecule has 3 nitrogen and oxygen atoms in total. The smallest absolute Gasteiger partial charge is 0.137 e. The largest absolute Gasteiger partial charge is 0.308 e. The summed E-state index contributed by atoms with van der Waals surface area (Å²) in [4.78, 5) is 4.97. The lowest BCUT2D eigenvalue weighted by atomic mass is 10.1. The van der Waals surface area contributed by atoms with E-state index >= 15 is 0 Å². The molecular weight excluding hydrogens is 438 g/mol. The lowest BCUT2D eigenvalue weighted by molar-refractivity contribution is 1.05. The third kappa shape index (κ3) is 2.90. The first-order valence-corrected chi connectivity index (χ1v) is 12.0. The second kappa shape index (κ2) is 7.82. The predicted octanol–water partition coefficient (Wildman–Crippen LogP) is 8.56. The number of hydrogen-bond donors (Lipinski definition) is 0. The quantitative estimate of drug-likeness (QED) is 0.257. The maximum Gasteiger partial charge on any atom is 0.137 e. The standard InChI is InChI=1S/C33H23N3/c1-3-22-13-16-31-27(19-22)28-20-23(4-2)14-17-32(28)35(31)24-15-18-33(34-21-24)36-29-11-7-5-9-25(29)26-10-6-8-12-30(26)36/h3-21H,1-2H2. The number of aromatic nitrogens is 3. The number of fused-ring (bicyclic) bond motifs is 6. The molecule has 0 aliphatic carbocycles. The van der Waals surface area contributed by atoms with Crippen molar-refractivity contribution in [3.05, 3.63) is 128 Å². The van der Waals surface area contributed by atoms with Gasteiger partial charge in [0, 0.05) is 21.5 Å². The fraction of sp³-hybridized carbons (Fsp3) is 0. The summed E-state index contributed by atoms with van der Waals surface area (Å²) in [5.41, 5.74) is 7.83. The Morgan fingerprint density at radius 3 is 1.56 bits per heavy atom. The van der Waals surface area contributed by atoms with Gasteiger partial charge in [-0.1, -0.05) is 73.8 Å². The van der Waals surface area contributed by atoms with Crippen LogP contribution in [0.4, 0.5) is 0 Å². The van der Waals surface area contributed by atoms with Crippen molar-refractivity contribution >= 4 is 55.8 Å². The Balaban J connectivity index is 1.46. The second-order valence-electron chi connectivity index (χ2n) is 9.04. The van der Waals surface area contributed by atoms with Crippen LogP contribution in [0.2, 0.25) is 0 Å². The molecule has 0 N–H and O–H groups in total. The van der Waals surface area contributed by atoms with Crippen molar-refractivity contribution in [2.75, 3.05) is 0 Å². The summed E-state index contributed by atoms with van der Waals surface area (Å²) in [5, 5.41) is 4.85. The topological polar surface area (TPSA) is 22.8 Å². The molecular formula is C33H23N3. The van der Waals surface area contributed by atoms with Crippen molar-refractivity contribution in [3.8, 4) is 11.5 Å². The van der Waals surface area contributed by atoms with Crippen LogP contribution in [0, 0.1) is 0 Å². The molecule has 3 heteroatoms. The maximum absolute atomic E-state index is 4.97. The molecule has 36 heavy (non-hydrogen) atoms. The van der Waals surface area contributed by atoms with Gasteiger partial charge in [-0.15, -0.1) is 0 Å². The van der Waals surface area contributed by atoms with E-state index in [0.29, 0.717) is 0 Å². The summed E-state index contributed by atoms with van der Waals surface area (Å²) in [6.07, 6.45) is 5.75. The minimum absolute atomic E-state index is 0.903. The Kier molecular flexibility index (Phi) is 4.45. The average Bonchev–Trinajstić information content (AvgIpc) is 3.45. The Morgan fingerprint density at radius 2 is 1.06 bits per heavy atom. The molecule has 0 unspecified atom stereocenters. The molecule has 170 valence electrons. The minimum atomic E-state index is 0.903. The summed E-state index contributed by atoms with van der Waals surface area (Å²) < 4.78 is 4.53. The zero-order chi connectivity index (χ0) is 24.2. The van der Waals surface area contributed by atoms with Crippen molar-refractivity contribution in [3.63, 3.8) is 0 Å². The molecule has 0 radical (unpaired) electrons. The molecule has 0 bridgehead atoms. The van der Waals surface area contributed by atoms with E-state index in [2.05, 4.69) is 119 Å². The van der Waals surface area contributed by atoms with E-state index in [9.17, 15) is 0 Å². The highest BCUT2D eigenvalue weighted by Gasteiger charge is 2.15. The van der Waals surface area contributed by atoms with Gasteiger partial charge in [0.1, 0.15) is 5.82 Å². The Hall–Kier alpha value is -4.89. The van der Waals surface area contributed by atoms with Crippen LogP contribution in [0.25, 0.3) is 67.3 Å². The third-order valence-electron chi connectivity index (χ3n) is 7.08. The number of pyridine rings is 1. The van der Waals surface area contributed by atoms with Gasteiger partial charge < -0.3 is 4.57 Å². The summed E-state index contributed by atoms with van der Waals surface area (Å²) >= 11 is 0.